The molecule has 0 spiro atoms. The largest absolute Gasteiger partial charge is 0.479 e. The van der Waals surface area contributed by atoms with Crippen LogP contribution in [0, 0.1) is 5.82 Å². The van der Waals surface area contributed by atoms with Crippen molar-refractivity contribution in [2.45, 2.75) is 18.9 Å². The molecule has 0 saturated carbocycles. The summed E-state index contributed by atoms with van der Waals surface area (Å²) in [6.07, 6.45) is -0.776. The molecule has 0 aromatic heterocycles. The van der Waals surface area contributed by atoms with Gasteiger partial charge in [-0.25, -0.2) is 14.0 Å². The molecule has 164 valence electrons. The molecule has 4 rings (SSSR count). The maximum absolute atomic E-state index is 13.5. The predicted molar refractivity (Wildman–Crippen MR) is 119 cm³/mol. The van der Waals surface area contributed by atoms with E-state index in [1.165, 1.54) is 6.07 Å². The van der Waals surface area contributed by atoms with Crippen LogP contribution in [-0.2, 0) is 9.53 Å². The number of hydrogen-bond acceptors (Lipinski definition) is 3. The first kappa shape index (κ1) is 21.8. The second kappa shape index (κ2) is 9.01. The number of nitrogens with zero attached hydrogens (tertiary/aromatic N) is 1. The van der Waals surface area contributed by atoms with Crippen molar-refractivity contribution in [3.8, 4) is 11.1 Å². The van der Waals surface area contributed by atoms with E-state index in [0.717, 1.165) is 39.3 Å². The summed E-state index contributed by atoms with van der Waals surface area (Å²) >= 11 is 6.09. The Balaban J connectivity index is 1.58. The fraction of sp³-hybridized carbons (Fsp3) is 0.200. The third-order valence-corrected chi connectivity index (χ3v) is 6.04. The number of hydrogen-bond donors (Lipinski definition) is 1. The summed E-state index contributed by atoms with van der Waals surface area (Å²) in [5.74, 6) is -2.02. The van der Waals surface area contributed by atoms with Gasteiger partial charge in [0.15, 0.2) is 6.04 Å². The Morgan fingerprint density at radius 1 is 1.06 bits per heavy atom. The van der Waals surface area contributed by atoms with E-state index < -0.39 is 23.9 Å². The van der Waals surface area contributed by atoms with Gasteiger partial charge in [-0.1, -0.05) is 66.2 Å². The fourth-order valence-corrected chi connectivity index (χ4v) is 4.52. The van der Waals surface area contributed by atoms with Crippen LogP contribution in [0.25, 0.3) is 11.1 Å². The van der Waals surface area contributed by atoms with Gasteiger partial charge < -0.3 is 9.84 Å². The van der Waals surface area contributed by atoms with Crippen molar-refractivity contribution < 1.29 is 23.8 Å². The molecule has 3 aromatic carbocycles. The maximum Gasteiger partial charge on any atom is 0.410 e. The smallest absolute Gasteiger partial charge is 0.410 e. The summed E-state index contributed by atoms with van der Waals surface area (Å²) in [5, 5.41) is 9.74. The minimum absolute atomic E-state index is 0.0624. The number of carbonyl (C=O) groups is 2. The number of carbonyl (C=O) groups excluding carboxylic acids is 1. The van der Waals surface area contributed by atoms with E-state index >= 15 is 0 Å². The van der Waals surface area contributed by atoms with Gasteiger partial charge in [0.1, 0.15) is 12.4 Å². The Bertz CT molecular complexity index is 1140. The highest BCUT2D eigenvalue weighted by molar-refractivity contribution is 6.31. The number of carboxylic acids is 1. The van der Waals surface area contributed by atoms with Crippen LogP contribution in [0.4, 0.5) is 9.18 Å². The average Bonchev–Trinajstić information content (AvgIpc) is 3.10. The fourth-order valence-electron chi connectivity index (χ4n) is 4.25. The zero-order valence-corrected chi connectivity index (χ0v) is 18.1. The Hall–Kier alpha value is -3.38. The number of fused-ring (bicyclic) bond motifs is 3. The van der Waals surface area contributed by atoms with Crippen LogP contribution >= 0.6 is 11.6 Å². The molecular formula is C25H21ClFNO4. The van der Waals surface area contributed by atoms with E-state index in [1.54, 1.807) is 6.92 Å². The van der Waals surface area contributed by atoms with E-state index in [9.17, 15) is 19.1 Å². The molecule has 32 heavy (non-hydrogen) atoms. The van der Waals surface area contributed by atoms with Crippen LogP contribution in [-0.4, -0.2) is 35.2 Å². The van der Waals surface area contributed by atoms with Crippen molar-refractivity contribution in [2.75, 3.05) is 13.2 Å². The van der Waals surface area contributed by atoms with Crippen molar-refractivity contribution in [3.63, 3.8) is 0 Å². The first-order valence-corrected chi connectivity index (χ1v) is 10.6. The lowest BCUT2D eigenvalue weighted by Crippen LogP contribution is -2.39. The monoisotopic (exact) mass is 453 g/mol. The van der Waals surface area contributed by atoms with Gasteiger partial charge >= 0.3 is 12.1 Å². The topological polar surface area (TPSA) is 66.8 Å². The molecular weight excluding hydrogens is 433 g/mol. The molecule has 0 aliphatic heterocycles. The average molecular weight is 454 g/mol. The van der Waals surface area contributed by atoms with Crippen LogP contribution < -0.4 is 0 Å². The number of amides is 1. The van der Waals surface area contributed by atoms with E-state index in [-0.39, 0.29) is 29.7 Å². The molecule has 1 aliphatic rings. The molecule has 3 aromatic rings. The highest BCUT2D eigenvalue weighted by Crippen LogP contribution is 2.44. The van der Waals surface area contributed by atoms with Gasteiger partial charge in [0.05, 0.1) is 0 Å². The summed E-state index contributed by atoms with van der Waals surface area (Å²) in [6, 6.07) is 17.9. The summed E-state index contributed by atoms with van der Waals surface area (Å²) in [7, 11) is 0. The first-order valence-electron chi connectivity index (χ1n) is 10.2. The third-order valence-electron chi connectivity index (χ3n) is 5.71. The van der Waals surface area contributed by atoms with Gasteiger partial charge in [-0.15, -0.1) is 0 Å². The summed E-state index contributed by atoms with van der Waals surface area (Å²) < 4.78 is 19.1. The van der Waals surface area contributed by atoms with Crippen LogP contribution in [0.2, 0.25) is 5.02 Å². The lowest BCUT2D eigenvalue weighted by Gasteiger charge is -2.28. The zero-order chi connectivity index (χ0) is 22.8. The van der Waals surface area contributed by atoms with Gasteiger partial charge in [-0.05, 0) is 41.3 Å². The first-order chi connectivity index (χ1) is 15.4. The van der Waals surface area contributed by atoms with Gasteiger partial charge in [0.25, 0.3) is 0 Å². The summed E-state index contributed by atoms with van der Waals surface area (Å²) in [6.45, 7) is 1.78. The minimum Gasteiger partial charge on any atom is -0.479 e. The molecule has 0 bridgehead atoms. The SMILES string of the molecule is CCN(C(=O)OCC1c2ccccc2-c2ccccc21)C(C(=O)O)c1ccc(F)cc1Cl. The third kappa shape index (κ3) is 3.94. The number of carboxylic acid groups (broad SMARTS) is 1. The number of ether oxygens (including phenoxy) is 1. The Kier molecular flexibility index (Phi) is 6.15. The number of halogens is 2. The molecule has 7 heteroatoms. The van der Waals surface area contributed by atoms with Crippen molar-refractivity contribution in [2.24, 2.45) is 0 Å². The maximum atomic E-state index is 13.5. The number of aliphatic carboxylic acids is 1. The van der Waals surface area contributed by atoms with Crippen LogP contribution in [0.1, 0.15) is 35.6 Å². The second-order valence-electron chi connectivity index (χ2n) is 7.50. The van der Waals surface area contributed by atoms with Gasteiger partial charge in [0, 0.05) is 23.0 Å². The molecule has 5 nitrogen and oxygen atoms in total. The van der Waals surface area contributed by atoms with Crippen molar-refractivity contribution in [3.05, 3.63) is 94.3 Å². The molecule has 0 saturated heterocycles. The molecule has 1 aliphatic carbocycles. The lowest BCUT2D eigenvalue weighted by molar-refractivity contribution is -0.143. The van der Waals surface area contributed by atoms with Gasteiger partial charge in [-0.3, -0.25) is 4.90 Å². The van der Waals surface area contributed by atoms with E-state index in [2.05, 4.69) is 0 Å². The highest BCUT2D eigenvalue weighted by atomic mass is 35.5. The molecule has 0 fully saturated rings. The number of likely N-dealkylation sites (N-methyl/N-ethyl adjacent to an activating group) is 1. The molecule has 1 amide bonds. The predicted octanol–water partition coefficient (Wildman–Crippen LogP) is 5.88. The Labute approximate surface area is 190 Å². The number of benzene rings is 3. The second-order valence-corrected chi connectivity index (χ2v) is 7.90. The number of rotatable bonds is 6. The van der Waals surface area contributed by atoms with E-state index in [1.807, 2.05) is 48.5 Å². The van der Waals surface area contributed by atoms with Gasteiger partial charge in [0.2, 0.25) is 0 Å². The van der Waals surface area contributed by atoms with E-state index in [0.29, 0.717) is 0 Å². The van der Waals surface area contributed by atoms with Crippen LogP contribution in [0.5, 0.6) is 0 Å². The normalized spacial score (nSPS) is 13.2. The van der Waals surface area contributed by atoms with Crippen molar-refractivity contribution >= 4 is 23.7 Å². The Morgan fingerprint density at radius 3 is 2.19 bits per heavy atom. The summed E-state index contributed by atoms with van der Waals surface area (Å²) in [5.41, 5.74) is 4.42. The lowest BCUT2D eigenvalue weighted by atomic mass is 9.98. The molecule has 1 unspecified atom stereocenters. The van der Waals surface area contributed by atoms with Crippen molar-refractivity contribution in [1.82, 2.24) is 4.90 Å². The highest BCUT2D eigenvalue weighted by Gasteiger charge is 2.35. The molecule has 1 N–H and O–H groups in total. The quantitative estimate of drug-likeness (QED) is 0.506. The van der Waals surface area contributed by atoms with Crippen LogP contribution in [0.15, 0.2) is 66.7 Å². The molecule has 1 atom stereocenters. The summed E-state index contributed by atoms with van der Waals surface area (Å²) in [4.78, 5) is 26.1. The Morgan fingerprint density at radius 2 is 1.66 bits per heavy atom. The van der Waals surface area contributed by atoms with E-state index in [4.69, 9.17) is 16.3 Å². The van der Waals surface area contributed by atoms with Crippen molar-refractivity contribution in [1.29, 1.82) is 0 Å². The zero-order valence-electron chi connectivity index (χ0n) is 17.3. The molecule has 0 heterocycles. The minimum atomic E-state index is -1.40. The van der Waals surface area contributed by atoms with Gasteiger partial charge in [-0.2, -0.15) is 0 Å². The van der Waals surface area contributed by atoms with Crippen LogP contribution in [0.3, 0.4) is 0 Å². The standard InChI is InChI=1S/C25H21ClFNO4/c1-2-28(23(24(29)30)20-12-11-15(27)13-22(20)26)25(31)32-14-21-18-9-5-3-7-16(18)17-8-4-6-10-19(17)21/h3-13,21,23H,2,14H2,1H3,(H,29,30). The molecule has 0 radical (unpaired) electrons.